The molecule has 5 nitrogen and oxygen atoms in total. The van der Waals surface area contributed by atoms with Crippen LogP contribution in [0.2, 0.25) is 0 Å². The first-order valence-corrected chi connectivity index (χ1v) is 4.16. The highest BCUT2D eigenvalue weighted by molar-refractivity contribution is 5.82. The number of rotatable bonds is 4. The number of hydrogen-bond acceptors (Lipinski definition) is 4. The summed E-state index contributed by atoms with van der Waals surface area (Å²) in [4.78, 5) is 20.3. The second-order valence-electron chi connectivity index (χ2n) is 2.65. The number of hydrogen-bond donors (Lipinski definition) is 0. The Hall–Kier alpha value is -1.98. The van der Waals surface area contributed by atoms with Gasteiger partial charge in [-0.2, -0.15) is 0 Å². The molecule has 0 bridgehead atoms. The lowest BCUT2D eigenvalue weighted by molar-refractivity contribution is -0.386. The zero-order chi connectivity index (χ0) is 11.4. The van der Waals surface area contributed by atoms with Gasteiger partial charge >= 0.3 is 5.69 Å². The van der Waals surface area contributed by atoms with Crippen LogP contribution >= 0.6 is 0 Å². The molecule has 0 aromatic heterocycles. The van der Waals surface area contributed by atoms with Crippen LogP contribution in [0.15, 0.2) is 12.1 Å². The molecule has 1 aromatic rings. The molecule has 0 saturated carbocycles. The Morgan fingerprint density at radius 1 is 1.60 bits per heavy atom. The van der Waals surface area contributed by atoms with Crippen LogP contribution in [-0.2, 0) is 0 Å². The number of nitro groups is 1. The average Bonchev–Trinajstić information content (AvgIpc) is 2.19. The van der Waals surface area contributed by atoms with Crippen LogP contribution in [0.3, 0.4) is 0 Å². The van der Waals surface area contributed by atoms with Crippen LogP contribution in [0, 0.1) is 15.9 Å². The lowest BCUT2D eigenvalue weighted by Gasteiger charge is -2.06. The maximum absolute atomic E-state index is 12.9. The molecule has 1 rings (SSSR count). The molecule has 0 unspecified atom stereocenters. The van der Waals surface area contributed by atoms with Gasteiger partial charge in [0.15, 0.2) is 6.29 Å². The minimum Gasteiger partial charge on any atom is -0.487 e. The number of carbonyl (C=O) groups excluding carboxylic acids is 1. The van der Waals surface area contributed by atoms with Gasteiger partial charge < -0.3 is 4.74 Å². The summed E-state index contributed by atoms with van der Waals surface area (Å²) < 4.78 is 17.8. The number of nitro benzene ring substituents is 1. The van der Waals surface area contributed by atoms with E-state index >= 15 is 0 Å². The van der Waals surface area contributed by atoms with Crippen LogP contribution in [-0.4, -0.2) is 17.8 Å². The summed E-state index contributed by atoms with van der Waals surface area (Å²) in [7, 11) is 0. The molecule has 0 aliphatic carbocycles. The van der Waals surface area contributed by atoms with Gasteiger partial charge in [-0.15, -0.1) is 0 Å². The molecule has 6 heteroatoms. The Kier molecular flexibility index (Phi) is 3.33. The number of aldehydes is 1. The molecule has 0 amide bonds. The van der Waals surface area contributed by atoms with Gasteiger partial charge in [-0.05, 0) is 13.0 Å². The first-order chi connectivity index (χ1) is 7.10. The van der Waals surface area contributed by atoms with Crippen molar-refractivity contribution in [3.63, 3.8) is 0 Å². The molecule has 0 saturated heterocycles. The number of halogens is 1. The van der Waals surface area contributed by atoms with Crippen molar-refractivity contribution in [2.24, 2.45) is 0 Å². The van der Waals surface area contributed by atoms with Crippen LogP contribution < -0.4 is 4.74 Å². The summed E-state index contributed by atoms with van der Waals surface area (Å²) in [6.45, 7) is 1.77. The van der Waals surface area contributed by atoms with Crippen molar-refractivity contribution in [1.82, 2.24) is 0 Å². The Balaban J connectivity index is 3.39. The van der Waals surface area contributed by atoms with Gasteiger partial charge in [-0.3, -0.25) is 14.9 Å². The van der Waals surface area contributed by atoms with Crippen molar-refractivity contribution in [2.45, 2.75) is 6.92 Å². The average molecular weight is 213 g/mol. The third-order valence-electron chi connectivity index (χ3n) is 1.68. The number of ether oxygens (including phenoxy) is 1. The highest BCUT2D eigenvalue weighted by Gasteiger charge is 2.20. The highest BCUT2D eigenvalue weighted by Crippen LogP contribution is 2.31. The zero-order valence-electron chi connectivity index (χ0n) is 7.90. The first-order valence-electron chi connectivity index (χ1n) is 4.16. The van der Waals surface area contributed by atoms with Gasteiger partial charge in [0.2, 0.25) is 5.75 Å². The topological polar surface area (TPSA) is 69.4 Å². The Morgan fingerprint density at radius 2 is 2.27 bits per heavy atom. The summed E-state index contributed by atoms with van der Waals surface area (Å²) in [6, 6.07) is 1.61. The van der Waals surface area contributed by atoms with E-state index in [2.05, 4.69) is 0 Å². The van der Waals surface area contributed by atoms with Crippen LogP contribution in [0.4, 0.5) is 10.1 Å². The van der Waals surface area contributed by atoms with E-state index in [1.54, 1.807) is 6.92 Å². The third kappa shape index (κ3) is 2.28. The van der Waals surface area contributed by atoms with Gasteiger partial charge in [0, 0.05) is 0 Å². The van der Waals surface area contributed by atoms with E-state index in [9.17, 15) is 19.3 Å². The van der Waals surface area contributed by atoms with Crippen LogP contribution in [0.5, 0.6) is 5.75 Å². The molecule has 0 N–H and O–H groups in total. The monoisotopic (exact) mass is 213 g/mol. The van der Waals surface area contributed by atoms with Gasteiger partial charge in [0.05, 0.1) is 23.2 Å². The van der Waals surface area contributed by atoms with E-state index in [0.717, 1.165) is 12.1 Å². The lowest BCUT2D eigenvalue weighted by atomic mass is 10.2. The van der Waals surface area contributed by atoms with Crippen molar-refractivity contribution >= 4 is 12.0 Å². The van der Waals surface area contributed by atoms with Crippen LogP contribution in [0.1, 0.15) is 17.3 Å². The molecule has 1 aromatic carbocycles. The predicted octanol–water partition coefficient (Wildman–Crippen LogP) is 1.95. The third-order valence-corrected chi connectivity index (χ3v) is 1.68. The molecule has 0 aliphatic rings. The highest BCUT2D eigenvalue weighted by atomic mass is 19.1. The molecule has 80 valence electrons. The molecule has 0 spiro atoms. The number of nitrogens with zero attached hydrogens (tertiary/aromatic N) is 1. The van der Waals surface area contributed by atoms with Gasteiger partial charge in [0.25, 0.3) is 0 Å². The van der Waals surface area contributed by atoms with E-state index in [1.165, 1.54) is 0 Å². The standard InChI is InChI=1S/C9H8FNO4/c1-2-15-9-6(5-12)3-7(10)4-8(9)11(13)14/h3-5H,2H2,1H3. The summed E-state index contributed by atoms with van der Waals surface area (Å²) in [5.41, 5.74) is -0.706. The quantitative estimate of drug-likeness (QED) is 0.435. The van der Waals surface area contributed by atoms with Gasteiger partial charge in [-0.1, -0.05) is 0 Å². The van der Waals surface area contributed by atoms with E-state index < -0.39 is 16.4 Å². The molecule has 15 heavy (non-hydrogen) atoms. The largest absolute Gasteiger partial charge is 0.487 e. The van der Waals surface area contributed by atoms with Gasteiger partial charge in [0.1, 0.15) is 5.82 Å². The summed E-state index contributed by atoms with van der Waals surface area (Å²) >= 11 is 0. The second kappa shape index (κ2) is 4.50. The first kappa shape index (κ1) is 11.1. The van der Waals surface area contributed by atoms with Crippen molar-refractivity contribution in [3.8, 4) is 5.75 Å². The fourth-order valence-electron chi connectivity index (χ4n) is 1.12. The molecule has 0 atom stereocenters. The number of benzene rings is 1. The minimum atomic E-state index is -0.841. The lowest BCUT2D eigenvalue weighted by Crippen LogP contribution is -2.02. The van der Waals surface area contributed by atoms with Crippen LogP contribution in [0.25, 0.3) is 0 Å². The summed E-state index contributed by atoms with van der Waals surface area (Å²) in [6.07, 6.45) is 0.321. The zero-order valence-corrected chi connectivity index (χ0v) is 7.90. The van der Waals surface area contributed by atoms with E-state index in [-0.39, 0.29) is 17.9 Å². The van der Waals surface area contributed by atoms with Crippen molar-refractivity contribution in [2.75, 3.05) is 6.61 Å². The van der Waals surface area contributed by atoms with Crippen molar-refractivity contribution in [1.29, 1.82) is 0 Å². The molecular weight excluding hydrogens is 205 g/mol. The smallest absolute Gasteiger partial charge is 0.314 e. The number of carbonyl (C=O) groups is 1. The Morgan fingerprint density at radius 3 is 2.73 bits per heavy atom. The van der Waals surface area contributed by atoms with E-state index in [0.29, 0.717) is 6.29 Å². The fourth-order valence-corrected chi connectivity index (χ4v) is 1.12. The SMILES string of the molecule is CCOc1c(C=O)cc(F)cc1[N+](=O)[O-]. The molecule has 0 fully saturated rings. The van der Waals surface area contributed by atoms with Crippen molar-refractivity contribution < 1.29 is 18.8 Å². The Labute approximate surface area is 84.6 Å². The van der Waals surface area contributed by atoms with Crippen molar-refractivity contribution in [3.05, 3.63) is 33.6 Å². The fraction of sp³-hybridized carbons (Fsp3) is 0.222. The normalized spacial score (nSPS) is 9.73. The van der Waals surface area contributed by atoms with E-state index in [1.807, 2.05) is 0 Å². The molecular formula is C9H8FNO4. The molecule has 0 radical (unpaired) electrons. The Bertz CT molecular complexity index is 405. The predicted molar refractivity (Wildman–Crippen MR) is 49.6 cm³/mol. The maximum Gasteiger partial charge on any atom is 0.314 e. The van der Waals surface area contributed by atoms with Gasteiger partial charge in [-0.25, -0.2) is 4.39 Å². The molecule has 0 aliphatic heterocycles. The molecule has 0 heterocycles. The summed E-state index contributed by atoms with van der Waals surface area (Å²) in [5.74, 6) is -1.04. The summed E-state index contributed by atoms with van der Waals surface area (Å²) in [5, 5.41) is 10.6. The second-order valence-corrected chi connectivity index (χ2v) is 2.65. The van der Waals surface area contributed by atoms with E-state index in [4.69, 9.17) is 4.74 Å². The minimum absolute atomic E-state index is 0.160. The maximum atomic E-state index is 12.9.